The molecule has 18 heavy (non-hydrogen) atoms. The summed E-state index contributed by atoms with van der Waals surface area (Å²) in [5.74, 6) is 0.864. The minimum atomic E-state index is 0.864. The van der Waals surface area contributed by atoms with Crippen molar-refractivity contribution in [2.45, 2.75) is 0 Å². The van der Waals surface area contributed by atoms with Gasteiger partial charge in [-0.1, -0.05) is 12.1 Å². The Morgan fingerprint density at radius 2 is 1.94 bits per heavy atom. The van der Waals surface area contributed by atoms with E-state index in [1.165, 1.54) is 14.8 Å². The highest BCUT2D eigenvalue weighted by molar-refractivity contribution is 7.26. The topological polar surface area (TPSA) is 22.4 Å². The van der Waals surface area contributed by atoms with E-state index < -0.39 is 0 Å². The van der Waals surface area contributed by atoms with Gasteiger partial charge in [0.05, 0.1) is 11.8 Å². The van der Waals surface area contributed by atoms with E-state index in [0.29, 0.717) is 0 Å². The average molecular weight is 254 g/mol. The zero-order valence-corrected chi connectivity index (χ0v) is 10.6. The maximum atomic E-state index is 5.96. The standard InChI is InChI=1S/C15H10O2S/c1-16-9-6-7-13-11(8-9)14-15(18-13)10-4-2-3-5-12(10)17-14/h2-8H,1H3. The number of ether oxygens (including phenoxy) is 1. The van der Waals surface area contributed by atoms with Gasteiger partial charge in [-0.05, 0) is 30.3 Å². The van der Waals surface area contributed by atoms with Crippen molar-refractivity contribution in [2.75, 3.05) is 7.11 Å². The number of para-hydroxylation sites is 1. The second kappa shape index (κ2) is 3.50. The molecule has 2 aromatic heterocycles. The number of hydrogen-bond donors (Lipinski definition) is 0. The molecule has 0 aliphatic heterocycles. The lowest BCUT2D eigenvalue weighted by Gasteiger charge is -1.97. The van der Waals surface area contributed by atoms with Crippen molar-refractivity contribution in [1.82, 2.24) is 0 Å². The van der Waals surface area contributed by atoms with Crippen LogP contribution in [-0.4, -0.2) is 7.11 Å². The van der Waals surface area contributed by atoms with Crippen LogP contribution in [0.3, 0.4) is 0 Å². The minimum Gasteiger partial charge on any atom is -0.497 e. The molecule has 0 atom stereocenters. The first-order valence-corrected chi connectivity index (χ1v) is 6.56. The maximum Gasteiger partial charge on any atom is 0.154 e. The number of fused-ring (bicyclic) bond motifs is 5. The molecule has 0 amide bonds. The molecule has 3 heteroatoms. The van der Waals surface area contributed by atoms with Crippen LogP contribution in [0, 0.1) is 0 Å². The predicted octanol–water partition coefficient (Wildman–Crippen LogP) is 4.81. The summed E-state index contributed by atoms with van der Waals surface area (Å²) in [6, 6.07) is 14.3. The van der Waals surface area contributed by atoms with Crippen LogP contribution in [-0.2, 0) is 0 Å². The van der Waals surface area contributed by atoms with Gasteiger partial charge in [0.15, 0.2) is 5.58 Å². The van der Waals surface area contributed by atoms with E-state index in [1.54, 1.807) is 18.4 Å². The molecule has 2 heterocycles. The quantitative estimate of drug-likeness (QED) is 0.486. The first kappa shape index (κ1) is 9.97. The number of thiophene rings is 1. The first-order chi connectivity index (χ1) is 8.86. The number of hydrogen-bond acceptors (Lipinski definition) is 3. The lowest BCUT2D eigenvalue weighted by atomic mass is 10.2. The first-order valence-electron chi connectivity index (χ1n) is 5.74. The smallest absolute Gasteiger partial charge is 0.154 e. The third-order valence-corrected chi connectivity index (χ3v) is 4.38. The van der Waals surface area contributed by atoms with Crippen molar-refractivity contribution >= 4 is 42.7 Å². The number of furan rings is 1. The summed E-state index contributed by atoms with van der Waals surface area (Å²) in [7, 11) is 1.68. The third kappa shape index (κ3) is 1.22. The zero-order valence-electron chi connectivity index (χ0n) is 9.77. The van der Waals surface area contributed by atoms with Gasteiger partial charge in [0.1, 0.15) is 11.3 Å². The van der Waals surface area contributed by atoms with E-state index in [0.717, 1.165) is 22.3 Å². The Kier molecular flexibility index (Phi) is 1.94. The van der Waals surface area contributed by atoms with Crippen LogP contribution in [0.15, 0.2) is 46.9 Å². The maximum absolute atomic E-state index is 5.96. The molecule has 0 N–H and O–H groups in total. The summed E-state index contributed by atoms with van der Waals surface area (Å²) in [6.07, 6.45) is 0. The molecule has 0 bridgehead atoms. The van der Waals surface area contributed by atoms with E-state index in [9.17, 15) is 0 Å². The van der Waals surface area contributed by atoms with Crippen molar-refractivity contribution in [3.05, 3.63) is 42.5 Å². The highest BCUT2D eigenvalue weighted by Crippen LogP contribution is 2.41. The van der Waals surface area contributed by atoms with Crippen LogP contribution in [0.4, 0.5) is 0 Å². The van der Waals surface area contributed by atoms with Crippen LogP contribution in [0.25, 0.3) is 31.3 Å². The summed E-state index contributed by atoms with van der Waals surface area (Å²) in [4.78, 5) is 0. The second-order valence-corrected chi connectivity index (χ2v) is 5.27. The van der Waals surface area contributed by atoms with Gasteiger partial charge in [0.25, 0.3) is 0 Å². The third-order valence-electron chi connectivity index (χ3n) is 3.19. The van der Waals surface area contributed by atoms with Crippen LogP contribution in [0.5, 0.6) is 5.75 Å². The highest BCUT2D eigenvalue weighted by atomic mass is 32.1. The molecule has 2 aromatic carbocycles. The molecule has 0 radical (unpaired) electrons. The molecule has 0 spiro atoms. The Balaban J connectivity index is 2.21. The lowest BCUT2D eigenvalue weighted by Crippen LogP contribution is -1.80. The van der Waals surface area contributed by atoms with E-state index in [-0.39, 0.29) is 0 Å². The number of benzene rings is 2. The average Bonchev–Trinajstić information content (AvgIpc) is 2.94. The molecule has 0 aliphatic carbocycles. The monoisotopic (exact) mass is 254 g/mol. The summed E-state index contributed by atoms with van der Waals surface area (Å²) in [6.45, 7) is 0. The molecule has 4 rings (SSSR count). The fourth-order valence-electron chi connectivity index (χ4n) is 2.31. The van der Waals surface area contributed by atoms with E-state index in [4.69, 9.17) is 9.15 Å². The van der Waals surface area contributed by atoms with Gasteiger partial charge in [-0.3, -0.25) is 0 Å². The largest absolute Gasteiger partial charge is 0.497 e. The molecule has 0 aliphatic rings. The lowest BCUT2D eigenvalue weighted by molar-refractivity contribution is 0.415. The second-order valence-electron chi connectivity index (χ2n) is 4.22. The molecule has 4 aromatic rings. The Morgan fingerprint density at radius 1 is 1.06 bits per heavy atom. The summed E-state index contributed by atoms with van der Waals surface area (Å²) in [5.41, 5.74) is 1.92. The van der Waals surface area contributed by atoms with Gasteiger partial charge in [-0.15, -0.1) is 11.3 Å². The highest BCUT2D eigenvalue weighted by Gasteiger charge is 2.13. The number of rotatable bonds is 1. The van der Waals surface area contributed by atoms with Crippen molar-refractivity contribution in [2.24, 2.45) is 0 Å². The summed E-state index contributed by atoms with van der Waals surface area (Å²) >= 11 is 1.77. The fourth-order valence-corrected chi connectivity index (χ4v) is 3.45. The fraction of sp³-hybridized carbons (Fsp3) is 0.0667. The van der Waals surface area contributed by atoms with E-state index >= 15 is 0 Å². The van der Waals surface area contributed by atoms with Gasteiger partial charge in [0, 0.05) is 15.5 Å². The zero-order chi connectivity index (χ0) is 12.1. The van der Waals surface area contributed by atoms with E-state index in [1.807, 2.05) is 30.3 Å². The van der Waals surface area contributed by atoms with Crippen LogP contribution in [0.2, 0.25) is 0 Å². The Labute approximate surface area is 107 Å². The summed E-state index contributed by atoms with van der Waals surface area (Å²) in [5, 5.41) is 2.32. The normalized spacial score (nSPS) is 11.6. The molecule has 0 fully saturated rings. The molecular weight excluding hydrogens is 244 g/mol. The van der Waals surface area contributed by atoms with Gasteiger partial charge >= 0.3 is 0 Å². The Hall–Kier alpha value is -2.00. The van der Waals surface area contributed by atoms with Crippen molar-refractivity contribution in [1.29, 1.82) is 0 Å². The molecular formula is C15H10O2S. The van der Waals surface area contributed by atoms with Gasteiger partial charge in [-0.25, -0.2) is 0 Å². The van der Waals surface area contributed by atoms with Crippen LogP contribution in [0.1, 0.15) is 0 Å². The van der Waals surface area contributed by atoms with Crippen LogP contribution >= 0.6 is 11.3 Å². The predicted molar refractivity (Wildman–Crippen MR) is 75.7 cm³/mol. The van der Waals surface area contributed by atoms with Gasteiger partial charge < -0.3 is 9.15 Å². The molecule has 0 saturated heterocycles. The Morgan fingerprint density at radius 3 is 2.83 bits per heavy atom. The SMILES string of the molecule is COc1ccc2sc3c4ccccc4oc3c2c1. The van der Waals surface area contributed by atoms with E-state index in [2.05, 4.69) is 12.1 Å². The molecule has 0 unspecified atom stereocenters. The van der Waals surface area contributed by atoms with Crippen molar-refractivity contribution in [3.63, 3.8) is 0 Å². The van der Waals surface area contributed by atoms with Crippen molar-refractivity contribution in [3.8, 4) is 5.75 Å². The van der Waals surface area contributed by atoms with Crippen molar-refractivity contribution < 1.29 is 9.15 Å². The minimum absolute atomic E-state index is 0.864. The molecule has 2 nitrogen and oxygen atoms in total. The summed E-state index contributed by atoms with van der Waals surface area (Å²) < 4.78 is 13.7. The molecule has 88 valence electrons. The Bertz CT molecular complexity index is 870. The number of methoxy groups -OCH3 is 1. The van der Waals surface area contributed by atoms with Gasteiger partial charge in [-0.2, -0.15) is 0 Å². The van der Waals surface area contributed by atoms with Crippen LogP contribution < -0.4 is 4.74 Å². The van der Waals surface area contributed by atoms with Gasteiger partial charge in [0.2, 0.25) is 0 Å². The molecule has 0 saturated carbocycles.